The number of hydrogen-bond acceptors (Lipinski definition) is 5. The van der Waals surface area contributed by atoms with Crippen molar-refractivity contribution in [2.75, 3.05) is 32.7 Å². The molecule has 3 rings (SSSR count). The molecule has 7 heteroatoms. The van der Waals surface area contributed by atoms with E-state index in [1.165, 1.54) is 0 Å². The fraction of sp³-hybridized carbons (Fsp3) is 0.667. The quantitative estimate of drug-likeness (QED) is 0.855. The van der Waals surface area contributed by atoms with E-state index in [0.29, 0.717) is 12.5 Å². The maximum absolute atomic E-state index is 12.3. The first-order valence-corrected chi connectivity index (χ1v) is 7.76. The van der Waals surface area contributed by atoms with Gasteiger partial charge in [0.15, 0.2) is 0 Å². The lowest BCUT2D eigenvalue weighted by atomic mass is 9.86. The number of rotatable bonds is 3. The molecule has 0 bridgehead atoms. The maximum Gasteiger partial charge on any atom is 0.237 e. The molecular weight excluding hydrogens is 302 g/mol. The Hall–Kier alpha value is -1.24. The first kappa shape index (κ1) is 17.1. The first-order valence-electron chi connectivity index (χ1n) is 7.76. The highest BCUT2D eigenvalue weighted by molar-refractivity contribution is 5.85. The molecule has 0 spiro atoms. The van der Waals surface area contributed by atoms with Crippen LogP contribution in [0, 0.1) is 12.8 Å². The van der Waals surface area contributed by atoms with Gasteiger partial charge in [0.2, 0.25) is 5.91 Å². The molecule has 0 aromatic carbocycles. The minimum Gasteiger partial charge on any atom is -0.331 e. The Labute approximate surface area is 137 Å². The number of carbonyl (C=O) groups is 1. The lowest BCUT2D eigenvalue weighted by molar-refractivity contribution is -0.136. The van der Waals surface area contributed by atoms with Gasteiger partial charge in [-0.3, -0.25) is 4.79 Å². The number of carbonyl (C=O) groups excluding carboxylic acids is 1. The number of piperidine rings is 1. The smallest absolute Gasteiger partial charge is 0.237 e. The van der Waals surface area contributed by atoms with Crippen molar-refractivity contribution >= 4 is 18.3 Å². The second-order valence-electron chi connectivity index (χ2n) is 5.82. The van der Waals surface area contributed by atoms with Crippen molar-refractivity contribution in [3.8, 4) is 0 Å². The van der Waals surface area contributed by atoms with Gasteiger partial charge < -0.3 is 15.5 Å². The summed E-state index contributed by atoms with van der Waals surface area (Å²) in [5, 5.41) is 6.55. The van der Waals surface area contributed by atoms with Gasteiger partial charge in [-0.15, -0.1) is 12.4 Å². The van der Waals surface area contributed by atoms with Crippen molar-refractivity contribution in [2.45, 2.75) is 25.8 Å². The number of hydrogen-bond donors (Lipinski definition) is 2. The average molecular weight is 326 g/mol. The molecule has 2 aliphatic heterocycles. The molecule has 0 radical (unpaired) electrons. The number of nitrogens with one attached hydrogen (secondary N) is 2. The van der Waals surface area contributed by atoms with Crippen molar-refractivity contribution in [1.82, 2.24) is 25.5 Å². The number of amides is 1. The normalized spacial score (nSPS) is 21.3. The van der Waals surface area contributed by atoms with Gasteiger partial charge in [0.25, 0.3) is 0 Å². The van der Waals surface area contributed by atoms with Crippen LogP contribution in [-0.4, -0.2) is 53.5 Å². The van der Waals surface area contributed by atoms with Gasteiger partial charge in [0.1, 0.15) is 5.82 Å². The summed E-state index contributed by atoms with van der Waals surface area (Å²) in [6.45, 7) is 6.00. The summed E-state index contributed by atoms with van der Waals surface area (Å²) in [7, 11) is 0. The molecule has 2 saturated heterocycles. The minimum absolute atomic E-state index is 0. The third-order valence-corrected chi connectivity index (χ3v) is 4.39. The first-order chi connectivity index (χ1) is 10.3. The molecule has 2 fully saturated rings. The zero-order valence-corrected chi connectivity index (χ0v) is 13.7. The predicted molar refractivity (Wildman–Crippen MR) is 86.9 cm³/mol. The summed E-state index contributed by atoms with van der Waals surface area (Å²) in [6.07, 6.45) is 3.98. The third-order valence-electron chi connectivity index (χ3n) is 4.39. The van der Waals surface area contributed by atoms with Crippen molar-refractivity contribution in [3.63, 3.8) is 0 Å². The zero-order chi connectivity index (χ0) is 14.7. The molecule has 1 atom stereocenters. The van der Waals surface area contributed by atoms with Crippen LogP contribution in [0.15, 0.2) is 12.3 Å². The van der Waals surface area contributed by atoms with Crippen LogP contribution in [0.4, 0.5) is 0 Å². The molecule has 1 amide bonds. The van der Waals surface area contributed by atoms with E-state index in [-0.39, 0.29) is 24.4 Å². The Morgan fingerprint density at radius 3 is 2.73 bits per heavy atom. The minimum atomic E-state index is 0. The largest absolute Gasteiger partial charge is 0.331 e. The monoisotopic (exact) mass is 325 g/mol. The molecule has 122 valence electrons. The predicted octanol–water partition coefficient (Wildman–Crippen LogP) is 0.679. The van der Waals surface area contributed by atoms with Crippen molar-refractivity contribution < 1.29 is 4.79 Å². The van der Waals surface area contributed by atoms with E-state index in [0.717, 1.165) is 50.5 Å². The van der Waals surface area contributed by atoms with Gasteiger partial charge in [0.05, 0.1) is 18.3 Å². The Bertz CT molecular complexity index is 506. The van der Waals surface area contributed by atoms with Crippen LogP contribution >= 0.6 is 12.4 Å². The number of piperazine rings is 1. The van der Waals surface area contributed by atoms with Crippen LogP contribution in [0.3, 0.4) is 0 Å². The van der Waals surface area contributed by atoms with Crippen LogP contribution in [0.25, 0.3) is 0 Å². The Morgan fingerprint density at radius 2 is 2.05 bits per heavy atom. The Balaban J connectivity index is 0.00000176. The number of nitrogens with zero attached hydrogens (tertiary/aromatic N) is 3. The maximum atomic E-state index is 12.3. The van der Waals surface area contributed by atoms with Gasteiger partial charge in [-0.25, -0.2) is 9.97 Å². The van der Waals surface area contributed by atoms with E-state index < -0.39 is 0 Å². The van der Waals surface area contributed by atoms with E-state index in [1.54, 1.807) is 6.20 Å². The van der Waals surface area contributed by atoms with Crippen LogP contribution in [0.2, 0.25) is 0 Å². The highest BCUT2D eigenvalue weighted by atomic mass is 35.5. The summed E-state index contributed by atoms with van der Waals surface area (Å²) < 4.78 is 0. The summed E-state index contributed by atoms with van der Waals surface area (Å²) in [6, 6.07) is 2.05. The van der Waals surface area contributed by atoms with E-state index in [2.05, 4.69) is 20.6 Å². The van der Waals surface area contributed by atoms with Gasteiger partial charge in [0, 0.05) is 19.3 Å². The molecule has 0 saturated carbocycles. The SMILES string of the molecule is Cc1nccc(C(C2CCNCC2)N2CCNCC2=O)n1.Cl. The summed E-state index contributed by atoms with van der Waals surface area (Å²) in [5.74, 6) is 1.43. The zero-order valence-electron chi connectivity index (χ0n) is 12.9. The third kappa shape index (κ3) is 3.74. The van der Waals surface area contributed by atoms with E-state index in [4.69, 9.17) is 0 Å². The second-order valence-corrected chi connectivity index (χ2v) is 5.82. The van der Waals surface area contributed by atoms with Crippen LogP contribution in [0.1, 0.15) is 30.4 Å². The Morgan fingerprint density at radius 1 is 1.27 bits per heavy atom. The lowest BCUT2D eigenvalue weighted by Crippen LogP contribution is -2.52. The molecule has 6 nitrogen and oxygen atoms in total. The fourth-order valence-electron chi connectivity index (χ4n) is 3.37. The van der Waals surface area contributed by atoms with Crippen LogP contribution in [-0.2, 0) is 4.79 Å². The molecule has 1 aromatic rings. The highest BCUT2D eigenvalue weighted by Gasteiger charge is 2.34. The summed E-state index contributed by atoms with van der Waals surface area (Å²) in [5.41, 5.74) is 0.990. The summed E-state index contributed by atoms with van der Waals surface area (Å²) >= 11 is 0. The standard InChI is InChI=1S/C15H23N5O.ClH/c1-11-18-7-4-13(19-11)15(12-2-5-16-6-3-12)20-9-8-17-10-14(20)21;/h4,7,12,15-17H,2-3,5-6,8-10H2,1H3;1H. The van der Waals surface area contributed by atoms with Gasteiger partial charge >= 0.3 is 0 Å². The average Bonchev–Trinajstić information content (AvgIpc) is 2.51. The van der Waals surface area contributed by atoms with Crippen LogP contribution < -0.4 is 10.6 Å². The van der Waals surface area contributed by atoms with Crippen molar-refractivity contribution in [3.05, 3.63) is 23.8 Å². The number of halogens is 1. The molecule has 0 aliphatic carbocycles. The summed E-state index contributed by atoms with van der Waals surface area (Å²) in [4.78, 5) is 23.2. The van der Waals surface area contributed by atoms with Crippen molar-refractivity contribution in [1.29, 1.82) is 0 Å². The molecule has 3 heterocycles. The molecular formula is C15H24ClN5O. The van der Waals surface area contributed by atoms with E-state index in [1.807, 2.05) is 17.9 Å². The van der Waals surface area contributed by atoms with Crippen LogP contribution in [0.5, 0.6) is 0 Å². The van der Waals surface area contributed by atoms with E-state index in [9.17, 15) is 4.79 Å². The fourth-order valence-corrected chi connectivity index (χ4v) is 3.37. The molecule has 22 heavy (non-hydrogen) atoms. The lowest BCUT2D eigenvalue weighted by Gasteiger charge is -2.40. The Kier molecular flexibility index (Phi) is 6.11. The topological polar surface area (TPSA) is 70.2 Å². The van der Waals surface area contributed by atoms with Gasteiger partial charge in [-0.2, -0.15) is 0 Å². The highest BCUT2D eigenvalue weighted by Crippen LogP contribution is 2.33. The molecule has 2 N–H and O–H groups in total. The second kappa shape index (κ2) is 7.85. The van der Waals surface area contributed by atoms with Gasteiger partial charge in [-0.05, 0) is 44.8 Å². The van der Waals surface area contributed by atoms with Crippen molar-refractivity contribution in [2.24, 2.45) is 5.92 Å². The molecule has 2 aliphatic rings. The van der Waals surface area contributed by atoms with E-state index >= 15 is 0 Å². The van der Waals surface area contributed by atoms with Gasteiger partial charge in [-0.1, -0.05) is 0 Å². The molecule has 1 aromatic heterocycles. The molecule has 1 unspecified atom stereocenters. The number of aryl methyl sites for hydroxylation is 1. The number of aromatic nitrogens is 2.